The average Bonchev–Trinajstić information content (AvgIpc) is 2.57. The van der Waals surface area contributed by atoms with Crippen molar-refractivity contribution in [3.05, 3.63) is 23.8 Å². The van der Waals surface area contributed by atoms with E-state index in [0.717, 1.165) is 23.1 Å². The van der Waals surface area contributed by atoms with Gasteiger partial charge in [0, 0.05) is 6.54 Å². The number of anilines is 1. The molecular formula is C13H16BNO2. The summed E-state index contributed by atoms with van der Waals surface area (Å²) in [4.78, 5) is 13.6. The molecule has 2 rings (SSSR count). The zero-order valence-electron chi connectivity index (χ0n) is 10.5. The van der Waals surface area contributed by atoms with E-state index in [1.165, 1.54) is 0 Å². The number of carbonyl (C=O) groups is 1. The third-order valence-corrected chi connectivity index (χ3v) is 2.61. The van der Waals surface area contributed by atoms with Gasteiger partial charge in [0.1, 0.15) is 13.4 Å². The maximum atomic E-state index is 12.0. The van der Waals surface area contributed by atoms with Gasteiger partial charge in [-0.15, -0.1) is 0 Å². The van der Waals surface area contributed by atoms with Gasteiger partial charge in [-0.05, 0) is 38.8 Å². The summed E-state index contributed by atoms with van der Waals surface area (Å²) in [6.07, 6.45) is 0.542. The van der Waals surface area contributed by atoms with Crippen molar-refractivity contribution in [3.8, 4) is 0 Å². The second-order valence-corrected chi connectivity index (χ2v) is 5.27. The second-order valence-electron chi connectivity index (χ2n) is 5.27. The van der Waals surface area contributed by atoms with E-state index >= 15 is 0 Å². The highest BCUT2D eigenvalue weighted by atomic mass is 16.6. The summed E-state index contributed by atoms with van der Waals surface area (Å²) in [5.74, 6) is 0. The SMILES string of the molecule is [B]c1ccc2c(c1)CCN2C(=O)OC(C)(C)C. The summed E-state index contributed by atoms with van der Waals surface area (Å²) in [7, 11) is 5.72. The van der Waals surface area contributed by atoms with Crippen molar-refractivity contribution in [1.29, 1.82) is 0 Å². The first-order valence-corrected chi connectivity index (χ1v) is 5.76. The molecule has 0 bridgehead atoms. The number of nitrogens with zero attached hydrogens (tertiary/aromatic N) is 1. The Morgan fingerprint density at radius 2 is 2.12 bits per heavy atom. The molecular weight excluding hydrogens is 213 g/mol. The molecule has 1 aliphatic rings. The zero-order chi connectivity index (χ0) is 12.6. The molecule has 0 aliphatic carbocycles. The molecule has 1 aliphatic heterocycles. The molecule has 0 aromatic heterocycles. The highest BCUT2D eigenvalue weighted by Crippen LogP contribution is 2.28. The van der Waals surface area contributed by atoms with Gasteiger partial charge in [0.2, 0.25) is 0 Å². The fraction of sp³-hybridized carbons (Fsp3) is 0.462. The molecule has 4 heteroatoms. The predicted octanol–water partition coefficient (Wildman–Crippen LogP) is 1.78. The molecule has 0 fully saturated rings. The van der Waals surface area contributed by atoms with Crippen LogP contribution in [0.15, 0.2) is 18.2 Å². The Balaban J connectivity index is 2.20. The zero-order valence-corrected chi connectivity index (χ0v) is 10.5. The normalized spacial score (nSPS) is 14.6. The summed E-state index contributed by atoms with van der Waals surface area (Å²) >= 11 is 0. The molecule has 0 atom stereocenters. The number of hydrogen-bond acceptors (Lipinski definition) is 2. The van der Waals surface area contributed by atoms with Gasteiger partial charge >= 0.3 is 6.09 Å². The first kappa shape index (κ1) is 12.0. The quantitative estimate of drug-likeness (QED) is 0.634. The molecule has 17 heavy (non-hydrogen) atoms. The lowest BCUT2D eigenvalue weighted by atomic mass is 9.94. The van der Waals surface area contributed by atoms with E-state index in [-0.39, 0.29) is 6.09 Å². The molecule has 3 nitrogen and oxygen atoms in total. The van der Waals surface area contributed by atoms with E-state index < -0.39 is 5.60 Å². The number of benzene rings is 1. The summed E-state index contributed by atoms with van der Waals surface area (Å²) < 4.78 is 5.36. The summed E-state index contributed by atoms with van der Waals surface area (Å²) in [6.45, 7) is 6.26. The monoisotopic (exact) mass is 229 g/mol. The van der Waals surface area contributed by atoms with Gasteiger partial charge in [-0.1, -0.05) is 17.6 Å². The van der Waals surface area contributed by atoms with E-state index in [2.05, 4.69) is 0 Å². The van der Waals surface area contributed by atoms with Gasteiger partial charge in [0.25, 0.3) is 0 Å². The van der Waals surface area contributed by atoms with Crippen LogP contribution < -0.4 is 10.4 Å². The van der Waals surface area contributed by atoms with Crippen LogP contribution in [0.5, 0.6) is 0 Å². The van der Waals surface area contributed by atoms with Gasteiger partial charge in [-0.25, -0.2) is 4.79 Å². The maximum absolute atomic E-state index is 12.0. The molecule has 1 aromatic rings. The van der Waals surface area contributed by atoms with E-state index in [0.29, 0.717) is 6.54 Å². The van der Waals surface area contributed by atoms with E-state index in [9.17, 15) is 4.79 Å². The Hall–Kier alpha value is -1.45. The van der Waals surface area contributed by atoms with Gasteiger partial charge < -0.3 is 4.74 Å². The van der Waals surface area contributed by atoms with Crippen LogP contribution >= 0.6 is 0 Å². The Labute approximate surface area is 103 Å². The number of rotatable bonds is 0. The fourth-order valence-corrected chi connectivity index (χ4v) is 1.93. The van der Waals surface area contributed by atoms with Crippen molar-refractivity contribution in [2.75, 3.05) is 11.4 Å². The molecule has 0 saturated carbocycles. The minimum absolute atomic E-state index is 0.291. The Morgan fingerprint density at radius 3 is 2.76 bits per heavy atom. The minimum Gasteiger partial charge on any atom is -0.443 e. The smallest absolute Gasteiger partial charge is 0.414 e. The van der Waals surface area contributed by atoms with Crippen LogP contribution in [0.2, 0.25) is 0 Å². The first-order chi connectivity index (χ1) is 7.87. The Bertz CT molecular complexity index is 451. The highest BCUT2D eigenvalue weighted by Gasteiger charge is 2.28. The van der Waals surface area contributed by atoms with Crippen molar-refractivity contribution in [3.63, 3.8) is 0 Å². The van der Waals surface area contributed by atoms with Crippen LogP contribution in [0, 0.1) is 0 Å². The van der Waals surface area contributed by atoms with Crippen LogP contribution in [-0.4, -0.2) is 26.1 Å². The molecule has 1 aromatic carbocycles. The molecule has 1 heterocycles. The third-order valence-electron chi connectivity index (χ3n) is 2.61. The molecule has 0 N–H and O–H groups in total. The van der Waals surface area contributed by atoms with Crippen LogP contribution in [-0.2, 0) is 11.2 Å². The standard InChI is InChI=1S/C13H16BNO2/c1-13(2,3)17-12(16)15-7-6-9-8-10(14)4-5-11(9)15/h4-5,8H,6-7H2,1-3H3. The number of ether oxygens (including phenoxy) is 1. The summed E-state index contributed by atoms with van der Waals surface area (Å²) in [5, 5.41) is 0. The van der Waals surface area contributed by atoms with Crippen LogP contribution in [0.3, 0.4) is 0 Å². The lowest BCUT2D eigenvalue weighted by Crippen LogP contribution is -2.35. The lowest BCUT2D eigenvalue weighted by Gasteiger charge is -2.24. The van der Waals surface area contributed by atoms with Crippen molar-refractivity contribution >= 4 is 25.1 Å². The summed E-state index contributed by atoms with van der Waals surface area (Å²) in [5.41, 5.74) is 2.28. The van der Waals surface area contributed by atoms with Gasteiger partial charge in [0.05, 0.1) is 5.69 Å². The van der Waals surface area contributed by atoms with E-state index in [4.69, 9.17) is 12.6 Å². The van der Waals surface area contributed by atoms with Gasteiger partial charge in [0.15, 0.2) is 0 Å². The number of fused-ring (bicyclic) bond motifs is 1. The second kappa shape index (κ2) is 4.10. The molecule has 0 spiro atoms. The average molecular weight is 229 g/mol. The van der Waals surface area contributed by atoms with Crippen molar-refractivity contribution < 1.29 is 9.53 Å². The third kappa shape index (κ3) is 2.63. The highest BCUT2D eigenvalue weighted by molar-refractivity contribution is 6.32. The Morgan fingerprint density at radius 1 is 1.41 bits per heavy atom. The van der Waals surface area contributed by atoms with Crippen LogP contribution in [0.4, 0.5) is 10.5 Å². The van der Waals surface area contributed by atoms with Gasteiger partial charge in [-0.3, -0.25) is 4.90 Å². The van der Waals surface area contributed by atoms with Crippen molar-refractivity contribution in [1.82, 2.24) is 0 Å². The number of carbonyl (C=O) groups excluding carboxylic acids is 1. The topological polar surface area (TPSA) is 29.5 Å². The molecule has 1 amide bonds. The minimum atomic E-state index is -0.465. The fourth-order valence-electron chi connectivity index (χ4n) is 1.93. The van der Waals surface area contributed by atoms with E-state index in [1.54, 1.807) is 4.90 Å². The van der Waals surface area contributed by atoms with Gasteiger partial charge in [-0.2, -0.15) is 0 Å². The summed E-state index contributed by atoms with van der Waals surface area (Å²) in [6, 6.07) is 5.60. The number of hydrogen-bond donors (Lipinski definition) is 0. The Kier molecular flexibility index (Phi) is 2.90. The van der Waals surface area contributed by atoms with E-state index in [1.807, 2.05) is 39.0 Å². The molecule has 0 unspecified atom stereocenters. The first-order valence-electron chi connectivity index (χ1n) is 5.76. The molecule has 88 valence electrons. The van der Waals surface area contributed by atoms with Crippen LogP contribution in [0.1, 0.15) is 26.3 Å². The predicted molar refractivity (Wildman–Crippen MR) is 69.1 cm³/mol. The van der Waals surface area contributed by atoms with Crippen molar-refractivity contribution in [2.45, 2.75) is 32.8 Å². The number of amides is 1. The van der Waals surface area contributed by atoms with Crippen molar-refractivity contribution in [2.24, 2.45) is 0 Å². The van der Waals surface area contributed by atoms with Crippen LogP contribution in [0.25, 0.3) is 0 Å². The molecule has 0 saturated heterocycles. The molecule has 2 radical (unpaired) electrons. The lowest BCUT2D eigenvalue weighted by molar-refractivity contribution is 0.0584. The largest absolute Gasteiger partial charge is 0.443 e. The maximum Gasteiger partial charge on any atom is 0.414 e.